The minimum Gasteiger partial charge on any atom is -0.381 e. The Labute approximate surface area is 147 Å². The normalized spacial score (nSPS) is 15.5. The van der Waals surface area contributed by atoms with Crippen LogP contribution in [0, 0.1) is 0 Å². The Morgan fingerprint density at radius 1 is 1.25 bits per heavy atom. The quantitative estimate of drug-likeness (QED) is 0.852. The number of ether oxygens (including phenoxy) is 1. The number of nitrogens with zero attached hydrogens (tertiary/aromatic N) is 3. The summed E-state index contributed by atoms with van der Waals surface area (Å²) in [4.78, 5) is 13.0. The van der Waals surface area contributed by atoms with Gasteiger partial charge in [0.15, 0.2) is 5.82 Å². The maximum atomic E-state index is 6.27. The van der Waals surface area contributed by atoms with Crippen LogP contribution in [0.15, 0.2) is 24.7 Å². The van der Waals surface area contributed by atoms with Crippen LogP contribution in [-0.4, -0.2) is 34.2 Å². The predicted octanol–water partition coefficient (Wildman–Crippen LogP) is 3.98. The Morgan fingerprint density at radius 2 is 2.04 bits per heavy atom. The van der Waals surface area contributed by atoms with Gasteiger partial charge in [-0.2, -0.15) is 4.98 Å². The molecule has 1 aliphatic rings. The maximum Gasteiger partial charge on any atom is 0.224 e. The molecule has 6 nitrogen and oxygen atoms in total. The van der Waals surface area contributed by atoms with Gasteiger partial charge in [-0.3, -0.25) is 4.98 Å². The molecule has 1 fully saturated rings. The molecule has 0 aromatic carbocycles. The van der Waals surface area contributed by atoms with Gasteiger partial charge < -0.3 is 15.4 Å². The number of anilines is 3. The molecule has 2 aromatic heterocycles. The highest BCUT2D eigenvalue weighted by atomic mass is 35.5. The fraction of sp³-hybridized carbons (Fsp3) is 0.471. The summed E-state index contributed by atoms with van der Waals surface area (Å²) in [5, 5.41) is 7.16. The lowest BCUT2D eigenvalue weighted by Crippen LogP contribution is -2.28. The highest BCUT2D eigenvalue weighted by Gasteiger charge is 2.16. The molecule has 0 unspecified atom stereocenters. The number of hydrogen-bond acceptors (Lipinski definition) is 6. The van der Waals surface area contributed by atoms with E-state index >= 15 is 0 Å². The lowest BCUT2D eigenvalue weighted by Gasteiger charge is -2.23. The first kappa shape index (κ1) is 16.9. The molecule has 0 atom stereocenters. The standard InChI is InChI=1S/C17H22ClN5O/c1-11(2)13-9-19-6-3-15(13)22-16-14(18)10-20-17(23-16)21-12-4-7-24-8-5-12/h3,6,9-12H,4-5,7-8H2,1-2H3,(H2,19,20,21,22,23). The minimum absolute atomic E-state index is 0.333. The molecule has 0 radical (unpaired) electrons. The van der Waals surface area contributed by atoms with E-state index in [2.05, 4.69) is 39.4 Å². The van der Waals surface area contributed by atoms with Crippen molar-refractivity contribution < 1.29 is 4.74 Å². The van der Waals surface area contributed by atoms with E-state index in [-0.39, 0.29) is 0 Å². The van der Waals surface area contributed by atoms with Gasteiger partial charge in [0.2, 0.25) is 5.95 Å². The summed E-state index contributed by atoms with van der Waals surface area (Å²) in [6.45, 7) is 5.79. The third-order valence-electron chi connectivity index (χ3n) is 4.03. The largest absolute Gasteiger partial charge is 0.381 e. The molecular formula is C17H22ClN5O. The first-order chi connectivity index (χ1) is 11.6. The Morgan fingerprint density at radius 3 is 2.79 bits per heavy atom. The molecule has 0 amide bonds. The van der Waals surface area contributed by atoms with Gasteiger partial charge in [-0.05, 0) is 30.4 Å². The number of hydrogen-bond donors (Lipinski definition) is 2. The predicted molar refractivity (Wildman–Crippen MR) is 96.1 cm³/mol. The van der Waals surface area contributed by atoms with E-state index in [9.17, 15) is 0 Å². The molecule has 24 heavy (non-hydrogen) atoms. The van der Waals surface area contributed by atoms with Crippen molar-refractivity contribution in [1.29, 1.82) is 0 Å². The number of rotatable bonds is 5. The van der Waals surface area contributed by atoms with Gasteiger partial charge in [0.1, 0.15) is 5.02 Å². The Bertz CT molecular complexity index is 688. The summed E-state index contributed by atoms with van der Waals surface area (Å²) < 4.78 is 5.37. The Hall–Kier alpha value is -1.92. The summed E-state index contributed by atoms with van der Waals surface area (Å²) in [6.07, 6.45) is 7.15. The van der Waals surface area contributed by atoms with Crippen molar-refractivity contribution in [3.05, 3.63) is 35.2 Å². The SMILES string of the molecule is CC(C)c1cnccc1Nc1nc(NC2CCOCC2)ncc1Cl. The maximum absolute atomic E-state index is 6.27. The molecule has 1 aliphatic heterocycles. The van der Waals surface area contributed by atoms with Crippen molar-refractivity contribution in [2.75, 3.05) is 23.8 Å². The molecule has 0 saturated carbocycles. The summed E-state index contributed by atoms with van der Waals surface area (Å²) >= 11 is 6.27. The van der Waals surface area contributed by atoms with Gasteiger partial charge in [-0.25, -0.2) is 4.98 Å². The first-order valence-electron chi connectivity index (χ1n) is 8.21. The summed E-state index contributed by atoms with van der Waals surface area (Å²) in [6, 6.07) is 2.26. The molecule has 0 bridgehead atoms. The number of nitrogens with one attached hydrogen (secondary N) is 2. The fourth-order valence-electron chi connectivity index (χ4n) is 2.66. The highest BCUT2D eigenvalue weighted by molar-refractivity contribution is 6.32. The molecule has 3 rings (SSSR count). The van der Waals surface area contributed by atoms with Crippen LogP contribution in [0.2, 0.25) is 5.02 Å². The monoisotopic (exact) mass is 347 g/mol. The summed E-state index contributed by atoms with van der Waals surface area (Å²) in [5.41, 5.74) is 2.07. The van der Waals surface area contributed by atoms with Crippen molar-refractivity contribution in [3.8, 4) is 0 Å². The molecule has 2 N–H and O–H groups in total. The van der Waals surface area contributed by atoms with Crippen LogP contribution in [0.25, 0.3) is 0 Å². The van der Waals surface area contributed by atoms with E-state index in [1.807, 2.05) is 12.3 Å². The van der Waals surface area contributed by atoms with Crippen LogP contribution in [0.5, 0.6) is 0 Å². The third kappa shape index (κ3) is 4.13. The van der Waals surface area contributed by atoms with E-state index in [1.165, 1.54) is 0 Å². The summed E-state index contributed by atoms with van der Waals surface area (Å²) in [5.74, 6) is 1.52. The highest BCUT2D eigenvalue weighted by Crippen LogP contribution is 2.29. The second-order valence-corrected chi connectivity index (χ2v) is 6.57. The molecule has 1 saturated heterocycles. The molecule has 2 aromatic rings. The van der Waals surface area contributed by atoms with Gasteiger partial charge in [0.05, 0.1) is 6.20 Å². The second-order valence-electron chi connectivity index (χ2n) is 6.16. The number of aromatic nitrogens is 3. The average molecular weight is 348 g/mol. The van der Waals surface area contributed by atoms with Crippen molar-refractivity contribution in [3.63, 3.8) is 0 Å². The third-order valence-corrected chi connectivity index (χ3v) is 4.30. The van der Waals surface area contributed by atoms with Crippen molar-refractivity contribution >= 4 is 29.1 Å². The number of pyridine rings is 1. The van der Waals surface area contributed by atoms with Crippen LogP contribution in [0.3, 0.4) is 0 Å². The molecular weight excluding hydrogens is 326 g/mol. The first-order valence-corrected chi connectivity index (χ1v) is 8.59. The van der Waals surface area contributed by atoms with Crippen molar-refractivity contribution in [1.82, 2.24) is 15.0 Å². The zero-order valence-electron chi connectivity index (χ0n) is 13.9. The Balaban J connectivity index is 1.79. The van der Waals surface area contributed by atoms with Gasteiger partial charge in [0, 0.05) is 37.3 Å². The lowest BCUT2D eigenvalue weighted by molar-refractivity contribution is 0.0903. The van der Waals surface area contributed by atoms with E-state index in [0.29, 0.717) is 28.7 Å². The van der Waals surface area contributed by atoms with E-state index in [1.54, 1.807) is 12.4 Å². The topological polar surface area (TPSA) is 72.0 Å². The lowest BCUT2D eigenvalue weighted by atomic mass is 10.0. The van der Waals surface area contributed by atoms with Gasteiger partial charge in [0.25, 0.3) is 0 Å². The van der Waals surface area contributed by atoms with Gasteiger partial charge in [-0.15, -0.1) is 0 Å². The van der Waals surface area contributed by atoms with Crippen LogP contribution in [-0.2, 0) is 4.74 Å². The van der Waals surface area contributed by atoms with Crippen LogP contribution < -0.4 is 10.6 Å². The van der Waals surface area contributed by atoms with Crippen LogP contribution in [0.1, 0.15) is 38.2 Å². The molecule has 7 heteroatoms. The zero-order valence-corrected chi connectivity index (χ0v) is 14.7. The van der Waals surface area contributed by atoms with Crippen LogP contribution in [0.4, 0.5) is 17.5 Å². The van der Waals surface area contributed by atoms with Gasteiger partial charge in [-0.1, -0.05) is 25.4 Å². The van der Waals surface area contributed by atoms with Crippen LogP contribution >= 0.6 is 11.6 Å². The van der Waals surface area contributed by atoms with Crippen molar-refractivity contribution in [2.24, 2.45) is 0 Å². The molecule has 0 spiro atoms. The minimum atomic E-state index is 0.333. The smallest absolute Gasteiger partial charge is 0.224 e. The average Bonchev–Trinajstić information content (AvgIpc) is 2.59. The van der Waals surface area contributed by atoms with Gasteiger partial charge >= 0.3 is 0 Å². The fourth-order valence-corrected chi connectivity index (χ4v) is 2.80. The zero-order chi connectivity index (χ0) is 16.9. The summed E-state index contributed by atoms with van der Waals surface area (Å²) in [7, 11) is 0. The second kappa shape index (κ2) is 7.77. The van der Waals surface area contributed by atoms with E-state index < -0.39 is 0 Å². The molecule has 3 heterocycles. The number of halogens is 1. The van der Waals surface area contributed by atoms with E-state index in [4.69, 9.17) is 16.3 Å². The molecule has 128 valence electrons. The van der Waals surface area contributed by atoms with E-state index in [0.717, 1.165) is 37.3 Å². The van der Waals surface area contributed by atoms with Crippen molar-refractivity contribution in [2.45, 2.75) is 38.6 Å². The molecule has 0 aliphatic carbocycles. The Kier molecular flexibility index (Phi) is 5.48.